The Labute approximate surface area is 70.4 Å². The molecule has 0 radical (unpaired) electrons. The summed E-state index contributed by atoms with van der Waals surface area (Å²) >= 11 is 0. The van der Waals surface area contributed by atoms with E-state index in [1.54, 1.807) is 6.07 Å². The predicted octanol–water partition coefficient (Wildman–Crippen LogP) is 0.0563. The minimum absolute atomic E-state index is 0.150. The summed E-state index contributed by atoms with van der Waals surface area (Å²) in [5.41, 5.74) is 11.6. The van der Waals surface area contributed by atoms with Crippen LogP contribution in [-0.2, 0) is 0 Å². The van der Waals surface area contributed by atoms with E-state index in [1.807, 2.05) is 0 Å². The average Bonchev–Trinajstić information content (AvgIpc) is 2.08. The summed E-state index contributed by atoms with van der Waals surface area (Å²) in [6.45, 7) is 0.310. The molecule has 0 amide bonds. The molecule has 0 heterocycles. The van der Waals surface area contributed by atoms with E-state index in [0.717, 1.165) is 0 Å². The van der Waals surface area contributed by atoms with Gasteiger partial charge in [-0.3, -0.25) is 0 Å². The minimum atomic E-state index is -0.295. The van der Waals surface area contributed by atoms with Crippen molar-refractivity contribution in [2.45, 2.75) is 6.04 Å². The lowest BCUT2D eigenvalue weighted by atomic mass is 10.1. The smallest absolute Gasteiger partial charge is 0.157 e. The van der Waals surface area contributed by atoms with Crippen molar-refractivity contribution in [2.24, 2.45) is 11.5 Å². The summed E-state index contributed by atoms with van der Waals surface area (Å²) in [6.07, 6.45) is 0. The number of aromatic hydroxyl groups is 2. The van der Waals surface area contributed by atoms with Crippen LogP contribution in [0.3, 0.4) is 0 Å². The molecule has 0 fully saturated rings. The number of hydrogen-bond acceptors (Lipinski definition) is 4. The Bertz CT molecular complexity index is 276. The van der Waals surface area contributed by atoms with Gasteiger partial charge < -0.3 is 21.7 Å². The van der Waals surface area contributed by atoms with E-state index in [1.165, 1.54) is 12.1 Å². The van der Waals surface area contributed by atoms with Crippen LogP contribution in [0.25, 0.3) is 0 Å². The van der Waals surface area contributed by atoms with E-state index in [4.69, 9.17) is 21.7 Å². The first-order chi connectivity index (χ1) is 5.65. The highest BCUT2D eigenvalue weighted by molar-refractivity contribution is 5.41. The zero-order chi connectivity index (χ0) is 9.14. The second kappa shape index (κ2) is 3.42. The number of nitrogens with two attached hydrogens (primary N) is 2. The summed E-state index contributed by atoms with van der Waals surface area (Å²) in [6, 6.07) is 4.14. The molecule has 0 spiro atoms. The molecule has 66 valence electrons. The van der Waals surface area contributed by atoms with Gasteiger partial charge in [0, 0.05) is 12.6 Å². The van der Waals surface area contributed by atoms with Gasteiger partial charge in [-0.15, -0.1) is 0 Å². The van der Waals surface area contributed by atoms with Crippen LogP contribution in [0.5, 0.6) is 11.5 Å². The molecule has 4 heteroatoms. The standard InChI is InChI=1S/C8H12N2O2/c9-4-6(10)5-1-2-7(11)8(12)3-5/h1-3,6,11-12H,4,9-10H2/t6-/m0/s1. The highest BCUT2D eigenvalue weighted by atomic mass is 16.3. The van der Waals surface area contributed by atoms with E-state index in [-0.39, 0.29) is 17.5 Å². The minimum Gasteiger partial charge on any atom is -0.504 e. The maximum absolute atomic E-state index is 9.10. The quantitative estimate of drug-likeness (QED) is 0.470. The normalized spacial score (nSPS) is 12.8. The number of benzene rings is 1. The fraction of sp³-hybridized carbons (Fsp3) is 0.250. The van der Waals surface area contributed by atoms with E-state index >= 15 is 0 Å². The lowest BCUT2D eigenvalue weighted by Gasteiger charge is -2.09. The lowest BCUT2D eigenvalue weighted by Crippen LogP contribution is -2.20. The zero-order valence-electron chi connectivity index (χ0n) is 6.57. The van der Waals surface area contributed by atoms with Gasteiger partial charge in [-0.1, -0.05) is 6.07 Å². The first-order valence-electron chi connectivity index (χ1n) is 3.62. The molecule has 4 nitrogen and oxygen atoms in total. The maximum atomic E-state index is 9.10. The Balaban J connectivity index is 2.96. The van der Waals surface area contributed by atoms with Crippen LogP contribution in [0, 0.1) is 0 Å². The monoisotopic (exact) mass is 168 g/mol. The second-order valence-corrected chi connectivity index (χ2v) is 2.59. The summed E-state index contributed by atoms with van der Waals surface area (Å²) in [7, 11) is 0. The van der Waals surface area contributed by atoms with Crippen LogP contribution < -0.4 is 11.5 Å². The Hall–Kier alpha value is -1.26. The number of phenolic OH excluding ortho intramolecular Hbond substituents is 2. The van der Waals surface area contributed by atoms with Crippen molar-refractivity contribution in [3.63, 3.8) is 0 Å². The first kappa shape index (κ1) is 8.83. The first-order valence-corrected chi connectivity index (χ1v) is 3.62. The van der Waals surface area contributed by atoms with Crippen molar-refractivity contribution in [2.75, 3.05) is 6.54 Å². The molecule has 0 unspecified atom stereocenters. The van der Waals surface area contributed by atoms with Crippen molar-refractivity contribution in [3.05, 3.63) is 23.8 Å². The van der Waals surface area contributed by atoms with Gasteiger partial charge in [0.1, 0.15) is 0 Å². The van der Waals surface area contributed by atoms with E-state index in [2.05, 4.69) is 0 Å². The third-order valence-corrected chi connectivity index (χ3v) is 1.68. The zero-order valence-corrected chi connectivity index (χ0v) is 6.57. The highest BCUT2D eigenvalue weighted by Crippen LogP contribution is 2.26. The number of phenols is 2. The Morgan fingerprint density at radius 1 is 1.25 bits per heavy atom. The summed E-state index contributed by atoms with van der Waals surface area (Å²) < 4.78 is 0. The molecule has 0 bridgehead atoms. The summed E-state index contributed by atoms with van der Waals surface area (Å²) in [5, 5.41) is 18.1. The molecule has 0 aliphatic carbocycles. The van der Waals surface area contributed by atoms with E-state index in [0.29, 0.717) is 12.1 Å². The van der Waals surface area contributed by atoms with Crippen LogP contribution in [0.15, 0.2) is 18.2 Å². The number of rotatable bonds is 2. The summed E-state index contributed by atoms with van der Waals surface area (Å²) in [5.74, 6) is -0.320. The van der Waals surface area contributed by atoms with Gasteiger partial charge in [0.2, 0.25) is 0 Å². The molecule has 1 rings (SSSR count). The van der Waals surface area contributed by atoms with Crippen molar-refractivity contribution in [3.8, 4) is 11.5 Å². The molecule has 6 N–H and O–H groups in total. The molecule has 1 aromatic carbocycles. The van der Waals surface area contributed by atoms with Crippen LogP contribution >= 0.6 is 0 Å². The molecule has 0 saturated carbocycles. The summed E-state index contributed by atoms with van der Waals surface area (Å²) in [4.78, 5) is 0. The highest BCUT2D eigenvalue weighted by Gasteiger charge is 2.06. The van der Waals surface area contributed by atoms with Gasteiger partial charge in [-0.2, -0.15) is 0 Å². The van der Waals surface area contributed by atoms with Crippen molar-refractivity contribution < 1.29 is 10.2 Å². The van der Waals surface area contributed by atoms with Crippen LogP contribution in [0.4, 0.5) is 0 Å². The fourth-order valence-corrected chi connectivity index (χ4v) is 0.907. The van der Waals surface area contributed by atoms with Gasteiger partial charge in [0.25, 0.3) is 0 Å². The van der Waals surface area contributed by atoms with Gasteiger partial charge in [-0.25, -0.2) is 0 Å². The molecule has 0 aromatic heterocycles. The fourth-order valence-electron chi connectivity index (χ4n) is 0.907. The van der Waals surface area contributed by atoms with Gasteiger partial charge >= 0.3 is 0 Å². The molecule has 1 aromatic rings. The molecule has 12 heavy (non-hydrogen) atoms. The van der Waals surface area contributed by atoms with Crippen molar-refractivity contribution in [1.82, 2.24) is 0 Å². The molecule has 1 atom stereocenters. The predicted molar refractivity (Wildman–Crippen MR) is 45.8 cm³/mol. The average molecular weight is 168 g/mol. The van der Waals surface area contributed by atoms with Crippen LogP contribution in [0.2, 0.25) is 0 Å². The Morgan fingerprint density at radius 2 is 1.92 bits per heavy atom. The molecular formula is C8H12N2O2. The topological polar surface area (TPSA) is 92.5 Å². The van der Waals surface area contributed by atoms with Gasteiger partial charge in [0.05, 0.1) is 0 Å². The van der Waals surface area contributed by atoms with Crippen LogP contribution in [-0.4, -0.2) is 16.8 Å². The largest absolute Gasteiger partial charge is 0.504 e. The van der Waals surface area contributed by atoms with Gasteiger partial charge in [-0.05, 0) is 17.7 Å². The van der Waals surface area contributed by atoms with Crippen LogP contribution in [0.1, 0.15) is 11.6 Å². The third-order valence-electron chi connectivity index (χ3n) is 1.68. The SMILES string of the molecule is NC[C@H](N)c1ccc(O)c(O)c1. The Morgan fingerprint density at radius 3 is 2.42 bits per heavy atom. The van der Waals surface area contributed by atoms with E-state index in [9.17, 15) is 0 Å². The van der Waals surface area contributed by atoms with Crippen molar-refractivity contribution in [1.29, 1.82) is 0 Å². The molecular weight excluding hydrogens is 156 g/mol. The molecule has 0 aliphatic rings. The van der Waals surface area contributed by atoms with Gasteiger partial charge in [0.15, 0.2) is 11.5 Å². The lowest BCUT2D eigenvalue weighted by molar-refractivity contribution is 0.402. The second-order valence-electron chi connectivity index (χ2n) is 2.59. The maximum Gasteiger partial charge on any atom is 0.157 e. The molecule has 0 saturated heterocycles. The van der Waals surface area contributed by atoms with E-state index < -0.39 is 0 Å². The third kappa shape index (κ3) is 1.66. The van der Waals surface area contributed by atoms with Crippen molar-refractivity contribution >= 4 is 0 Å². The number of hydrogen-bond donors (Lipinski definition) is 4. The Kier molecular flexibility index (Phi) is 2.52. The molecule has 0 aliphatic heterocycles.